The number of amides is 1. The van der Waals surface area contributed by atoms with Gasteiger partial charge in [-0.2, -0.15) is 13.2 Å². The third kappa shape index (κ3) is 7.33. The number of allylic oxidation sites excluding steroid dienone is 3. The molecule has 0 spiro atoms. The lowest BCUT2D eigenvalue weighted by atomic mass is 10.1. The van der Waals surface area contributed by atoms with Gasteiger partial charge in [-0.25, -0.2) is 0 Å². The lowest BCUT2D eigenvalue weighted by molar-refractivity contribution is -0.117. The van der Waals surface area contributed by atoms with Crippen molar-refractivity contribution in [1.82, 2.24) is 5.32 Å². The van der Waals surface area contributed by atoms with E-state index in [4.69, 9.17) is 0 Å². The maximum atomic E-state index is 13.2. The van der Waals surface area contributed by atoms with Gasteiger partial charge in [-0.1, -0.05) is 38.5 Å². The second-order valence-corrected chi connectivity index (χ2v) is 6.33. The van der Waals surface area contributed by atoms with Crippen LogP contribution in [0.3, 0.4) is 0 Å². The lowest BCUT2D eigenvalue weighted by Gasteiger charge is -2.16. The summed E-state index contributed by atoms with van der Waals surface area (Å²) in [5, 5.41) is 5.49. The molecule has 6 heteroatoms. The summed E-state index contributed by atoms with van der Waals surface area (Å²) in [4.78, 5) is 12.4. The average molecular weight is 368 g/mol. The highest BCUT2D eigenvalue weighted by atomic mass is 19.4. The van der Waals surface area contributed by atoms with Crippen LogP contribution in [0.5, 0.6) is 0 Å². The molecule has 1 aromatic rings. The van der Waals surface area contributed by atoms with Crippen molar-refractivity contribution in [2.75, 3.05) is 5.32 Å². The zero-order chi connectivity index (χ0) is 19.7. The molecule has 0 saturated carbocycles. The number of benzene rings is 1. The Morgan fingerprint density at radius 1 is 1.23 bits per heavy atom. The van der Waals surface area contributed by atoms with E-state index < -0.39 is 17.7 Å². The third-order valence-electron chi connectivity index (χ3n) is 3.46. The fourth-order valence-electron chi connectivity index (χ4n) is 2.38. The summed E-state index contributed by atoms with van der Waals surface area (Å²) in [7, 11) is 0. The minimum atomic E-state index is -4.52. The first kappa shape index (κ1) is 21.8. The molecule has 3 nitrogen and oxygen atoms in total. The van der Waals surface area contributed by atoms with Gasteiger partial charge in [0.15, 0.2) is 0 Å². The van der Waals surface area contributed by atoms with E-state index >= 15 is 0 Å². The number of halogens is 3. The summed E-state index contributed by atoms with van der Waals surface area (Å²) >= 11 is 0. The number of nitrogens with one attached hydrogen (secondary N) is 2. The molecule has 0 atom stereocenters. The summed E-state index contributed by atoms with van der Waals surface area (Å²) in [5.41, 5.74) is 0.663. The number of carbonyl (C=O) groups is 1. The van der Waals surface area contributed by atoms with Gasteiger partial charge in [0.2, 0.25) is 0 Å². The molecule has 26 heavy (non-hydrogen) atoms. The van der Waals surface area contributed by atoms with Crippen molar-refractivity contribution in [3.8, 4) is 0 Å². The molecule has 0 saturated heterocycles. The predicted octanol–water partition coefficient (Wildman–Crippen LogP) is 5.36. The number of aryl methyl sites for hydroxylation is 1. The summed E-state index contributed by atoms with van der Waals surface area (Å²) in [6.45, 7) is 7.18. The van der Waals surface area contributed by atoms with Crippen molar-refractivity contribution in [3.05, 3.63) is 53.3 Å². The van der Waals surface area contributed by atoms with Crippen molar-refractivity contribution < 1.29 is 18.0 Å². The molecule has 1 amide bonds. The number of hydrogen-bond donors (Lipinski definition) is 2. The molecule has 0 fully saturated rings. The van der Waals surface area contributed by atoms with E-state index in [1.54, 1.807) is 26.8 Å². The Morgan fingerprint density at radius 3 is 2.46 bits per heavy atom. The average Bonchev–Trinajstić information content (AvgIpc) is 2.52. The van der Waals surface area contributed by atoms with Gasteiger partial charge in [-0.05, 0) is 50.5 Å². The van der Waals surface area contributed by atoms with Crippen LogP contribution in [-0.2, 0) is 11.2 Å². The highest BCUT2D eigenvalue weighted by Crippen LogP contribution is 2.28. The summed E-state index contributed by atoms with van der Waals surface area (Å²) < 4.78 is 39.7. The molecule has 0 aromatic heterocycles. The Morgan fingerprint density at radius 2 is 1.92 bits per heavy atom. The SMILES string of the molecule is CC/C=C(/C=C(\Nc1cccc(CCC)c1)C(=O)NC(C)C)C(F)(F)F. The maximum Gasteiger partial charge on any atom is 0.416 e. The number of anilines is 1. The fourth-order valence-corrected chi connectivity index (χ4v) is 2.38. The van der Waals surface area contributed by atoms with Crippen LogP contribution in [0.2, 0.25) is 0 Å². The summed E-state index contributed by atoms with van der Waals surface area (Å²) in [5.74, 6) is -0.577. The molecular formula is C20H27F3N2O. The minimum Gasteiger partial charge on any atom is -0.351 e. The Kier molecular flexibility index (Phi) is 8.42. The van der Waals surface area contributed by atoms with Gasteiger partial charge >= 0.3 is 6.18 Å². The molecule has 0 aliphatic carbocycles. The number of alkyl halides is 3. The molecule has 1 rings (SSSR count). The van der Waals surface area contributed by atoms with Crippen molar-refractivity contribution >= 4 is 11.6 Å². The van der Waals surface area contributed by atoms with Gasteiger partial charge in [0.05, 0.1) is 5.57 Å². The van der Waals surface area contributed by atoms with Crippen LogP contribution < -0.4 is 10.6 Å². The summed E-state index contributed by atoms with van der Waals surface area (Å²) in [6.07, 6.45) is -0.555. The van der Waals surface area contributed by atoms with E-state index in [2.05, 4.69) is 10.6 Å². The molecule has 144 valence electrons. The van der Waals surface area contributed by atoms with E-state index in [9.17, 15) is 18.0 Å². The monoisotopic (exact) mass is 368 g/mol. The fraction of sp³-hybridized carbons (Fsp3) is 0.450. The second kappa shape index (κ2) is 10.0. The maximum absolute atomic E-state index is 13.2. The molecule has 1 aromatic carbocycles. The van der Waals surface area contributed by atoms with Gasteiger partial charge in [-0.3, -0.25) is 4.79 Å². The lowest BCUT2D eigenvalue weighted by Crippen LogP contribution is -2.34. The van der Waals surface area contributed by atoms with E-state index in [1.807, 2.05) is 25.1 Å². The number of rotatable bonds is 8. The molecule has 0 bridgehead atoms. The molecule has 0 heterocycles. The Labute approximate surface area is 153 Å². The highest BCUT2D eigenvalue weighted by Gasteiger charge is 2.32. The van der Waals surface area contributed by atoms with Crippen molar-refractivity contribution in [3.63, 3.8) is 0 Å². The van der Waals surface area contributed by atoms with E-state index in [-0.39, 0.29) is 18.2 Å². The zero-order valence-corrected chi connectivity index (χ0v) is 15.7. The van der Waals surface area contributed by atoms with Crippen LogP contribution in [-0.4, -0.2) is 18.1 Å². The minimum absolute atomic E-state index is 0.135. The largest absolute Gasteiger partial charge is 0.416 e. The van der Waals surface area contributed by atoms with Crippen LogP contribution in [0.25, 0.3) is 0 Å². The van der Waals surface area contributed by atoms with Crippen LogP contribution in [0, 0.1) is 0 Å². The third-order valence-corrected chi connectivity index (χ3v) is 3.46. The quantitative estimate of drug-likeness (QED) is 0.479. The second-order valence-electron chi connectivity index (χ2n) is 6.33. The smallest absolute Gasteiger partial charge is 0.351 e. The van der Waals surface area contributed by atoms with Gasteiger partial charge in [0.1, 0.15) is 5.70 Å². The van der Waals surface area contributed by atoms with Crippen LogP contribution >= 0.6 is 0 Å². The normalized spacial score (nSPS) is 13.1. The molecule has 0 unspecified atom stereocenters. The number of hydrogen-bond acceptors (Lipinski definition) is 2. The molecule has 0 aliphatic heterocycles. The Balaban J connectivity index is 3.24. The van der Waals surface area contributed by atoms with Gasteiger partial charge < -0.3 is 10.6 Å². The predicted molar refractivity (Wildman–Crippen MR) is 99.9 cm³/mol. The van der Waals surface area contributed by atoms with E-state index in [1.165, 1.54) is 0 Å². The first-order valence-electron chi connectivity index (χ1n) is 8.83. The standard InChI is InChI=1S/C20H27F3N2O/c1-5-8-15-10-7-11-17(12-15)25-18(19(26)24-14(3)4)13-16(9-6-2)20(21,22)23/h7,9-14,25H,5-6,8H2,1-4H3,(H,24,26)/b16-9-,18-13-. The van der Waals surface area contributed by atoms with Crippen LogP contribution in [0.4, 0.5) is 18.9 Å². The van der Waals surface area contributed by atoms with Crippen molar-refractivity contribution in [1.29, 1.82) is 0 Å². The molecule has 2 N–H and O–H groups in total. The van der Waals surface area contributed by atoms with Crippen molar-refractivity contribution in [2.24, 2.45) is 0 Å². The first-order valence-corrected chi connectivity index (χ1v) is 8.83. The van der Waals surface area contributed by atoms with Crippen LogP contribution in [0.1, 0.15) is 46.1 Å². The first-order chi connectivity index (χ1) is 12.2. The van der Waals surface area contributed by atoms with Gasteiger partial charge in [0, 0.05) is 11.7 Å². The number of carbonyl (C=O) groups excluding carboxylic acids is 1. The van der Waals surface area contributed by atoms with Crippen LogP contribution in [0.15, 0.2) is 47.7 Å². The van der Waals surface area contributed by atoms with Crippen molar-refractivity contribution in [2.45, 2.75) is 59.2 Å². The highest BCUT2D eigenvalue weighted by molar-refractivity contribution is 5.97. The Bertz CT molecular complexity index is 661. The van der Waals surface area contributed by atoms with Gasteiger partial charge in [0.25, 0.3) is 5.91 Å². The van der Waals surface area contributed by atoms with Gasteiger partial charge in [-0.15, -0.1) is 0 Å². The summed E-state index contributed by atoms with van der Waals surface area (Å²) in [6, 6.07) is 7.15. The molecular weight excluding hydrogens is 341 g/mol. The van der Waals surface area contributed by atoms with E-state index in [0.29, 0.717) is 5.69 Å². The topological polar surface area (TPSA) is 41.1 Å². The molecule has 0 aliphatic rings. The molecule has 0 radical (unpaired) electrons. The van der Waals surface area contributed by atoms with E-state index in [0.717, 1.165) is 30.6 Å². The zero-order valence-electron chi connectivity index (χ0n) is 15.7. The Hall–Kier alpha value is -2.24.